The molecule has 0 aliphatic carbocycles. The molecular formula is C17H24O2. The van der Waals surface area contributed by atoms with Gasteiger partial charge in [-0.2, -0.15) is 0 Å². The van der Waals surface area contributed by atoms with Crippen LogP contribution in [0.1, 0.15) is 46.1 Å². The van der Waals surface area contributed by atoms with Crippen LogP contribution in [0.15, 0.2) is 30.3 Å². The number of ether oxygens (including phenoxy) is 2. The Bertz CT molecular complexity index is 467. The van der Waals surface area contributed by atoms with Gasteiger partial charge in [0, 0.05) is 5.41 Å². The minimum absolute atomic E-state index is 0.0386. The maximum absolute atomic E-state index is 6.34. The van der Waals surface area contributed by atoms with Gasteiger partial charge in [-0.1, -0.05) is 44.2 Å². The van der Waals surface area contributed by atoms with Crippen molar-refractivity contribution in [1.82, 2.24) is 0 Å². The third kappa shape index (κ3) is 1.85. The first-order valence-electron chi connectivity index (χ1n) is 7.23. The number of fused-ring (bicyclic) bond motifs is 2. The van der Waals surface area contributed by atoms with Crippen LogP contribution in [0.2, 0.25) is 0 Å². The quantitative estimate of drug-likeness (QED) is 0.819. The van der Waals surface area contributed by atoms with Gasteiger partial charge in [0.25, 0.3) is 0 Å². The first-order chi connectivity index (χ1) is 8.87. The monoisotopic (exact) mass is 260 g/mol. The Balaban J connectivity index is 1.78. The van der Waals surface area contributed by atoms with Gasteiger partial charge < -0.3 is 9.47 Å². The summed E-state index contributed by atoms with van der Waals surface area (Å²) < 4.78 is 12.6. The fourth-order valence-corrected chi connectivity index (χ4v) is 3.92. The van der Waals surface area contributed by atoms with Crippen molar-refractivity contribution < 1.29 is 9.47 Å². The van der Waals surface area contributed by atoms with Gasteiger partial charge >= 0.3 is 0 Å². The first kappa shape index (κ1) is 13.1. The van der Waals surface area contributed by atoms with E-state index in [1.807, 2.05) is 6.07 Å². The molecule has 2 bridgehead atoms. The molecule has 1 aromatic carbocycles. The molecule has 2 fully saturated rings. The van der Waals surface area contributed by atoms with Gasteiger partial charge in [0.05, 0.1) is 23.9 Å². The predicted molar refractivity (Wildman–Crippen MR) is 75.9 cm³/mol. The van der Waals surface area contributed by atoms with Gasteiger partial charge in [0.2, 0.25) is 0 Å². The fourth-order valence-electron chi connectivity index (χ4n) is 3.92. The number of benzene rings is 1. The molecule has 0 aromatic heterocycles. The Hall–Kier alpha value is -0.860. The predicted octanol–water partition coefficient (Wildman–Crippen LogP) is 3.94. The van der Waals surface area contributed by atoms with Crippen molar-refractivity contribution in [2.45, 2.75) is 64.4 Å². The summed E-state index contributed by atoms with van der Waals surface area (Å²) in [6, 6.07) is 10.4. The Labute approximate surface area is 116 Å². The maximum Gasteiger partial charge on any atom is 0.0944 e. The zero-order chi connectivity index (χ0) is 13.7. The molecule has 104 valence electrons. The van der Waals surface area contributed by atoms with E-state index in [9.17, 15) is 0 Å². The average Bonchev–Trinajstić information content (AvgIpc) is 2.75. The van der Waals surface area contributed by atoms with Crippen LogP contribution in [0, 0.1) is 5.41 Å². The second-order valence-corrected chi connectivity index (χ2v) is 7.04. The summed E-state index contributed by atoms with van der Waals surface area (Å²) in [5.41, 5.74) is 1.14. The summed E-state index contributed by atoms with van der Waals surface area (Å²) in [7, 11) is 0. The normalized spacial score (nSPS) is 39.7. The van der Waals surface area contributed by atoms with Crippen LogP contribution < -0.4 is 0 Å². The second-order valence-electron chi connectivity index (χ2n) is 7.04. The molecule has 0 spiro atoms. The summed E-state index contributed by atoms with van der Waals surface area (Å²) in [6.07, 6.45) is 2.41. The van der Waals surface area contributed by atoms with E-state index in [1.54, 1.807) is 0 Å². The molecule has 0 unspecified atom stereocenters. The smallest absolute Gasteiger partial charge is 0.0944 e. The molecule has 3 atom stereocenters. The summed E-state index contributed by atoms with van der Waals surface area (Å²) in [5, 5.41) is 0. The van der Waals surface area contributed by atoms with Gasteiger partial charge in [0.15, 0.2) is 0 Å². The molecule has 0 radical (unpaired) electrons. The Morgan fingerprint density at radius 1 is 1.11 bits per heavy atom. The Morgan fingerprint density at radius 2 is 1.79 bits per heavy atom. The average molecular weight is 260 g/mol. The van der Waals surface area contributed by atoms with E-state index in [1.165, 1.54) is 5.56 Å². The lowest BCUT2D eigenvalue weighted by Crippen LogP contribution is -2.50. The van der Waals surface area contributed by atoms with Gasteiger partial charge in [0.1, 0.15) is 0 Å². The molecule has 0 amide bonds. The highest BCUT2D eigenvalue weighted by Gasteiger charge is 2.67. The van der Waals surface area contributed by atoms with Crippen molar-refractivity contribution in [3.63, 3.8) is 0 Å². The Morgan fingerprint density at radius 3 is 2.37 bits per heavy atom. The largest absolute Gasteiger partial charge is 0.370 e. The van der Waals surface area contributed by atoms with Crippen molar-refractivity contribution >= 4 is 0 Å². The molecule has 2 heterocycles. The fraction of sp³-hybridized carbons (Fsp3) is 0.647. The van der Waals surface area contributed by atoms with Gasteiger partial charge in [-0.05, 0) is 32.3 Å². The van der Waals surface area contributed by atoms with Crippen LogP contribution in [0.4, 0.5) is 0 Å². The van der Waals surface area contributed by atoms with Gasteiger partial charge in [-0.3, -0.25) is 0 Å². The van der Waals surface area contributed by atoms with Gasteiger partial charge in [-0.15, -0.1) is 0 Å². The molecule has 1 aromatic rings. The number of hydrogen-bond donors (Lipinski definition) is 0. The highest BCUT2D eigenvalue weighted by Crippen LogP contribution is 2.61. The lowest BCUT2D eigenvalue weighted by molar-refractivity contribution is -0.0893. The zero-order valence-corrected chi connectivity index (χ0v) is 12.4. The maximum atomic E-state index is 6.34. The van der Waals surface area contributed by atoms with Crippen molar-refractivity contribution in [2.24, 2.45) is 5.41 Å². The summed E-state index contributed by atoms with van der Waals surface area (Å²) in [5.74, 6) is 0. The third-order valence-electron chi connectivity index (χ3n) is 5.39. The summed E-state index contributed by atoms with van der Waals surface area (Å²) in [6.45, 7) is 9.69. The van der Waals surface area contributed by atoms with Crippen LogP contribution in [-0.4, -0.2) is 17.3 Å². The molecule has 2 saturated heterocycles. The molecule has 0 N–H and O–H groups in total. The molecule has 2 aliphatic rings. The van der Waals surface area contributed by atoms with Crippen molar-refractivity contribution in [2.75, 3.05) is 0 Å². The lowest BCUT2D eigenvalue weighted by atomic mass is 9.64. The van der Waals surface area contributed by atoms with E-state index in [2.05, 4.69) is 52.0 Å². The molecule has 19 heavy (non-hydrogen) atoms. The van der Waals surface area contributed by atoms with Crippen LogP contribution >= 0.6 is 0 Å². The van der Waals surface area contributed by atoms with E-state index >= 15 is 0 Å². The molecular weight excluding hydrogens is 236 g/mol. The summed E-state index contributed by atoms with van der Waals surface area (Å²) >= 11 is 0. The number of hydrogen-bond acceptors (Lipinski definition) is 2. The molecule has 0 saturated carbocycles. The molecule has 2 heteroatoms. The SMILES string of the molecule is CC1(C)[C@@H](OCc2ccccc2)[C@]2(C)CC[C@@]1(C)O2. The van der Waals surface area contributed by atoms with Crippen molar-refractivity contribution in [3.05, 3.63) is 35.9 Å². The summed E-state index contributed by atoms with van der Waals surface area (Å²) in [4.78, 5) is 0. The highest BCUT2D eigenvalue weighted by atomic mass is 16.6. The highest BCUT2D eigenvalue weighted by molar-refractivity contribution is 5.18. The van der Waals surface area contributed by atoms with E-state index < -0.39 is 0 Å². The van der Waals surface area contributed by atoms with Crippen molar-refractivity contribution in [1.29, 1.82) is 0 Å². The van der Waals surface area contributed by atoms with Crippen LogP contribution in [0.3, 0.4) is 0 Å². The zero-order valence-electron chi connectivity index (χ0n) is 12.4. The van der Waals surface area contributed by atoms with Gasteiger partial charge in [-0.25, -0.2) is 0 Å². The Kier molecular flexibility index (Phi) is 2.81. The number of rotatable bonds is 3. The molecule has 2 nitrogen and oxygen atoms in total. The topological polar surface area (TPSA) is 18.5 Å². The van der Waals surface area contributed by atoms with E-state index in [4.69, 9.17) is 9.47 Å². The van der Waals surface area contributed by atoms with Crippen LogP contribution in [0.25, 0.3) is 0 Å². The first-order valence-corrected chi connectivity index (χ1v) is 7.23. The third-order valence-corrected chi connectivity index (χ3v) is 5.39. The second kappa shape index (κ2) is 4.07. The van der Waals surface area contributed by atoms with Crippen molar-refractivity contribution in [3.8, 4) is 0 Å². The minimum atomic E-state index is -0.118. The van der Waals surface area contributed by atoms with Crippen LogP contribution in [-0.2, 0) is 16.1 Å². The lowest BCUT2D eigenvalue weighted by Gasteiger charge is -2.42. The van der Waals surface area contributed by atoms with E-state index in [0.29, 0.717) is 6.61 Å². The standard InChI is InChI=1S/C17H24O2/c1-15(2)14(16(3)10-11-17(15,4)19-16)18-12-13-8-6-5-7-9-13/h5-9,14H,10-12H2,1-4H3/t14-,16+,17-/m1/s1. The van der Waals surface area contributed by atoms with Crippen LogP contribution in [0.5, 0.6) is 0 Å². The molecule has 3 rings (SSSR count). The van der Waals surface area contributed by atoms with E-state index in [0.717, 1.165) is 12.8 Å². The molecule has 2 aliphatic heterocycles. The van der Waals surface area contributed by atoms with E-state index in [-0.39, 0.29) is 22.7 Å². The minimum Gasteiger partial charge on any atom is -0.370 e.